The maximum Gasteiger partial charge on any atom is 0.260 e. The number of carbonyl (C=O) groups excluding carboxylic acids is 1. The predicted molar refractivity (Wildman–Crippen MR) is 134 cm³/mol. The summed E-state index contributed by atoms with van der Waals surface area (Å²) in [5.41, 5.74) is 6.29. The minimum absolute atomic E-state index is 0.242. The number of nitrogens with one attached hydrogen (secondary N) is 1. The van der Waals surface area contributed by atoms with Crippen LogP contribution in [0.2, 0.25) is 0 Å². The molecule has 0 atom stereocenters. The molecule has 0 aliphatic carbocycles. The number of pyridine rings is 1. The fourth-order valence-corrected chi connectivity index (χ4v) is 4.30. The number of para-hydroxylation sites is 1. The van der Waals surface area contributed by atoms with Crippen LogP contribution in [0.4, 0.5) is 5.82 Å². The zero-order valence-electron chi connectivity index (χ0n) is 19.9. The highest BCUT2D eigenvalue weighted by atomic mass is 16.1. The molecule has 2 aromatic carbocycles. The molecule has 0 radical (unpaired) electrons. The first-order valence-corrected chi connectivity index (χ1v) is 11.2. The monoisotopic (exact) mass is 461 g/mol. The number of nitriles is 1. The normalized spacial score (nSPS) is 10.9. The number of anilines is 1. The van der Waals surface area contributed by atoms with Crippen LogP contribution in [0, 0.1) is 39.0 Å². The number of benzene rings is 2. The molecule has 8 heteroatoms. The fraction of sp³-hybridized carbons (Fsp3) is 0.148. The Bertz CT molecular complexity index is 1640. The van der Waals surface area contributed by atoms with Gasteiger partial charge in [0.15, 0.2) is 11.6 Å². The number of carbonyl (C=O) groups is 1. The average molecular weight is 462 g/mol. The van der Waals surface area contributed by atoms with Crippen LogP contribution in [-0.2, 0) is 0 Å². The third-order valence-electron chi connectivity index (χ3n) is 6.04. The van der Waals surface area contributed by atoms with Crippen molar-refractivity contribution >= 4 is 22.6 Å². The highest BCUT2D eigenvalue weighted by molar-refractivity contribution is 6.05. The SMILES string of the molecule is Cc1cc(C)c2nc(-n3ncc(C#N)c3NC(=O)c3cnn(-c4ccccc4)c3C)cc(C)c2c1. The molecule has 1 N–H and O–H groups in total. The van der Waals surface area contributed by atoms with Gasteiger partial charge in [-0.2, -0.15) is 20.1 Å². The van der Waals surface area contributed by atoms with E-state index < -0.39 is 0 Å². The van der Waals surface area contributed by atoms with Crippen molar-refractivity contribution in [1.29, 1.82) is 5.26 Å². The molecule has 172 valence electrons. The summed E-state index contributed by atoms with van der Waals surface area (Å²) in [7, 11) is 0. The van der Waals surface area contributed by atoms with Crippen molar-refractivity contribution < 1.29 is 4.79 Å². The topological polar surface area (TPSA) is 101 Å². The minimum atomic E-state index is -0.382. The number of aryl methyl sites for hydroxylation is 3. The van der Waals surface area contributed by atoms with Gasteiger partial charge < -0.3 is 5.32 Å². The summed E-state index contributed by atoms with van der Waals surface area (Å²) in [5.74, 6) is 0.406. The minimum Gasteiger partial charge on any atom is -0.305 e. The first kappa shape index (κ1) is 22.0. The van der Waals surface area contributed by atoms with Crippen LogP contribution in [0.1, 0.15) is 38.3 Å². The molecule has 0 aliphatic heterocycles. The van der Waals surface area contributed by atoms with Crippen LogP contribution in [0.5, 0.6) is 0 Å². The molecule has 0 bridgehead atoms. The Kier molecular flexibility index (Phi) is 5.38. The second kappa shape index (κ2) is 8.54. The Balaban J connectivity index is 1.55. The summed E-state index contributed by atoms with van der Waals surface area (Å²) in [6.07, 6.45) is 2.95. The molecule has 0 aliphatic rings. The van der Waals surface area contributed by atoms with Gasteiger partial charge in [0.1, 0.15) is 11.6 Å². The lowest BCUT2D eigenvalue weighted by Crippen LogP contribution is -2.17. The van der Waals surface area contributed by atoms with E-state index in [0.717, 1.165) is 33.3 Å². The van der Waals surface area contributed by atoms with Gasteiger partial charge in [0.05, 0.1) is 34.9 Å². The summed E-state index contributed by atoms with van der Waals surface area (Å²) in [6.45, 7) is 7.92. The quantitative estimate of drug-likeness (QED) is 0.407. The van der Waals surface area contributed by atoms with Crippen LogP contribution in [0.25, 0.3) is 22.4 Å². The van der Waals surface area contributed by atoms with E-state index in [-0.39, 0.29) is 17.3 Å². The second-order valence-electron chi connectivity index (χ2n) is 8.55. The van der Waals surface area contributed by atoms with Crippen LogP contribution in [-0.4, -0.2) is 30.5 Å². The number of aromatic nitrogens is 5. The molecule has 8 nitrogen and oxygen atoms in total. The lowest BCUT2D eigenvalue weighted by molar-refractivity contribution is 0.102. The number of fused-ring (bicyclic) bond motifs is 1. The molecular formula is C27H23N7O. The summed E-state index contributed by atoms with van der Waals surface area (Å²) < 4.78 is 3.20. The molecule has 0 saturated heterocycles. The van der Waals surface area contributed by atoms with Crippen molar-refractivity contribution in [2.45, 2.75) is 27.7 Å². The molecule has 3 aromatic heterocycles. The fourth-order valence-electron chi connectivity index (χ4n) is 4.30. The van der Waals surface area contributed by atoms with Gasteiger partial charge in [0, 0.05) is 5.39 Å². The third kappa shape index (κ3) is 3.83. The van der Waals surface area contributed by atoms with E-state index in [4.69, 9.17) is 4.98 Å². The van der Waals surface area contributed by atoms with E-state index in [1.165, 1.54) is 17.1 Å². The van der Waals surface area contributed by atoms with Gasteiger partial charge in [-0.05, 0) is 63.1 Å². The largest absolute Gasteiger partial charge is 0.305 e. The molecule has 0 fully saturated rings. The van der Waals surface area contributed by atoms with E-state index in [1.807, 2.05) is 57.2 Å². The Hall–Kier alpha value is -4.77. The summed E-state index contributed by atoms with van der Waals surface area (Å²) >= 11 is 0. The Labute approximate surface area is 202 Å². The molecule has 3 heterocycles. The van der Waals surface area contributed by atoms with Gasteiger partial charge in [-0.25, -0.2) is 9.67 Å². The summed E-state index contributed by atoms with van der Waals surface area (Å²) in [4.78, 5) is 18.1. The van der Waals surface area contributed by atoms with Crippen molar-refractivity contribution in [3.8, 4) is 17.6 Å². The molecule has 5 rings (SSSR count). The average Bonchev–Trinajstić information content (AvgIpc) is 3.43. The van der Waals surface area contributed by atoms with Gasteiger partial charge in [-0.1, -0.05) is 29.8 Å². The highest BCUT2D eigenvalue weighted by Gasteiger charge is 2.21. The predicted octanol–water partition coefficient (Wildman–Crippen LogP) is 4.96. The summed E-state index contributed by atoms with van der Waals surface area (Å²) in [5, 5.41) is 22.4. The van der Waals surface area contributed by atoms with Crippen molar-refractivity contribution in [1.82, 2.24) is 24.5 Å². The van der Waals surface area contributed by atoms with Crippen LogP contribution < -0.4 is 5.32 Å². The molecule has 0 unspecified atom stereocenters. The maximum atomic E-state index is 13.3. The van der Waals surface area contributed by atoms with Gasteiger partial charge in [0.25, 0.3) is 5.91 Å². The molecular weight excluding hydrogens is 438 g/mol. The zero-order chi connectivity index (χ0) is 24.7. The van der Waals surface area contributed by atoms with Crippen LogP contribution in [0.15, 0.2) is 60.9 Å². The molecule has 5 aromatic rings. The van der Waals surface area contributed by atoms with Crippen molar-refractivity contribution in [2.24, 2.45) is 0 Å². The Morgan fingerprint density at radius 1 is 0.943 bits per heavy atom. The van der Waals surface area contributed by atoms with Crippen LogP contribution >= 0.6 is 0 Å². The first-order valence-electron chi connectivity index (χ1n) is 11.2. The Morgan fingerprint density at radius 2 is 1.69 bits per heavy atom. The lowest BCUT2D eigenvalue weighted by Gasteiger charge is -2.13. The smallest absolute Gasteiger partial charge is 0.260 e. The lowest BCUT2D eigenvalue weighted by atomic mass is 10.0. The third-order valence-corrected chi connectivity index (χ3v) is 6.04. The number of amides is 1. The maximum absolute atomic E-state index is 13.3. The van der Waals surface area contributed by atoms with E-state index in [0.29, 0.717) is 17.1 Å². The van der Waals surface area contributed by atoms with E-state index in [2.05, 4.69) is 40.6 Å². The van der Waals surface area contributed by atoms with E-state index in [9.17, 15) is 10.1 Å². The van der Waals surface area contributed by atoms with Crippen molar-refractivity contribution in [2.75, 3.05) is 5.32 Å². The van der Waals surface area contributed by atoms with Gasteiger partial charge in [-0.3, -0.25) is 4.79 Å². The molecule has 1 amide bonds. The van der Waals surface area contributed by atoms with Crippen molar-refractivity contribution in [3.05, 3.63) is 94.4 Å². The van der Waals surface area contributed by atoms with Gasteiger partial charge in [-0.15, -0.1) is 0 Å². The molecule has 0 saturated carbocycles. The van der Waals surface area contributed by atoms with Gasteiger partial charge in [0.2, 0.25) is 0 Å². The van der Waals surface area contributed by atoms with Crippen LogP contribution in [0.3, 0.4) is 0 Å². The number of hydrogen-bond acceptors (Lipinski definition) is 5. The van der Waals surface area contributed by atoms with E-state index in [1.54, 1.807) is 4.68 Å². The standard InChI is InChI=1S/C27H23N7O/c1-16-10-18(3)25-22(11-16)17(2)12-24(31-25)34-26(20(13-28)14-29-34)32-27(35)23-15-30-33(19(23)4)21-8-6-5-7-9-21/h5-12,14-15H,1-4H3,(H,32,35). The summed E-state index contributed by atoms with van der Waals surface area (Å²) in [6, 6.07) is 17.8. The number of rotatable bonds is 4. The molecule has 35 heavy (non-hydrogen) atoms. The van der Waals surface area contributed by atoms with Gasteiger partial charge >= 0.3 is 0 Å². The Morgan fingerprint density at radius 3 is 2.43 bits per heavy atom. The highest BCUT2D eigenvalue weighted by Crippen LogP contribution is 2.27. The molecule has 0 spiro atoms. The number of nitrogens with zero attached hydrogens (tertiary/aromatic N) is 6. The first-order chi connectivity index (χ1) is 16.9. The number of hydrogen-bond donors (Lipinski definition) is 1. The zero-order valence-corrected chi connectivity index (χ0v) is 19.9. The second-order valence-corrected chi connectivity index (χ2v) is 8.55. The van der Waals surface area contributed by atoms with E-state index >= 15 is 0 Å². The van der Waals surface area contributed by atoms with Crippen molar-refractivity contribution in [3.63, 3.8) is 0 Å².